The van der Waals surface area contributed by atoms with Crippen molar-refractivity contribution < 1.29 is 4.79 Å². The van der Waals surface area contributed by atoms with Gasteiger partial charge in [-0.25, -0.2) is 4.99 Å². The highest BCUT2D eigenvalue weighted by Gasteiger charge is 2.18. The van der Waals surface area contributed by atoms with Gasteiger partial charge in [0.15, 0.2) is 11.6 Å². The fraction of sp³-hybridized carbons (Fsp3) is 0.0625. The van der Waals surface area contributed by atoms with E-state index in [0.717, 1.165) is 15.8 Å². The van der Waals surface area contributed by atoms with Crippen molar-refractivity contribution in [3.05, 3.63) is 59.4 Å². The molecule has 0 unspecified atom stereocenters. The molecule has 0 saturated heterocycles. The predicted molar refractivity (Wildman–Crippen MR) is 103 cm³/mol. The number of hydrogen-bond acceptors (Lipinski definition) is 4. The fourth-order valence-electron chi connectivity index (χ4n) is 2.18. The zero-order valence-corrected chi connectivity index (χ0v) is 14.7. The monoisotopic (exact) mass is 434 g/mol. The molecule has 122 valence electrons. The van der Waals surface area contributed by atoms with E-state index in [4.69, 9.17) is 5.73 Å². The van der Waals surface area contributed by atoms with E-state index >= 15 is 0 Å². The highest BCUT2D eigenvalue weighted by molar-refractivity contribution is 14.1. The molecule has 3 aromatic rings. The number of rotatable bonds is 6. The number of nitrogens with zero attached hydrogens (tertiary/aromatic N) is 2. The molecule has 0 spiro atoms. The van der Waals surface area contributed by atoms with Gasteiger partial charge in [-0.15, -0.1) is 0 Å². The van der Waals surface area contributed by atoms with Gasteiger partial charge in [0.05, 0.1) is 11.9 Å². The molecule has 0 aliphatic carbocycles. The number of carbonyl (C=O) groups is 1. The van der Waals surface area contributed by atoms with Crippen LogP contribution >= 0.6 is 22.6 Å². The van der Waals surface area contributed by atoms with Crippen molar-refractivity contribution in [1.29, 1.82) is 0 Å². The number of halogens is 1. The maximum absolute atomic E-state index is 11.8. The van der Waals surface area contributed by atoms with Crippen LogP contribution in [0.15, 0.2) is 47.6 Å². The maximum Gasteiger partial charge on any atom is 0.256 e. The van der Waals surface area contributed by atoms with Gasteiger partial charge in [-0.05, 0) is 29.8 Å². The van der Waals surface area contributed by atoms with E-state index in [1.807, 2.05) is 36.4 Å². The third-order valence-electron chi connectivity index (χ3n) is 3.29. The molecular weight excluding hydrogens is 419 g/mol. The number of amides is 1. The molecule has 5 N–H and O–H groups in total. The van der Waals surface area contributed by atoms with Crippen LogP contribution in [0.5, 0.6) is 0 Å². The van der Waals surface area contributed by atoms with Crippen LogP contribution in [0.2, 0.25) is 0 Å². The number of aliphatic imine (C=N–C) groups is 1. The van der Waals surface area contributed by atoms with E-state index in [9.17, 15) is 4.79 Å². The summed E-state index contributed by atoms with van der Waals surface area (Å²) in [5, 5.41) is 9.98. The molecule has 0 bridgehead atoms. The van der Waals surface area contributed by atoms with Gasteiger partial charge < -0.3 is 16.0 Å². The Hall–Kier alpha value is -2.62. The molecule has 2 aromatic heterocycles. The average Bonchev–Trinajstić information content (AvgIpc) is 3.22. The Balaban J connectivity index is 1.89. The van der Waals surface area contributed by atoms with Crippen LogP contribution in [0, 0.1) is 0 Å². The first-order valence-electron chi connectivity index (χ1n) is 7.15. The number of aromatic amines is 2. The molecule has 0 saturated carbocycles. The number of carbonyl (C=O) groups excluding carboxylic acids is 1. The minimum Gasteiger partial charge on any atom is -0.365 e. The van der Waals surface area contributed by atoms with Crippen LogP contribution in [0.25, 0.3) is 0 Å². The second-order valence-corrected chi connectivity index (χ2v) is 5.77. The van der Waals surface area contributed by atoms with Crippen molar-refractivity contribution in [3.8, 4) is 0 Å². The van der Waals surface area contributed by atoms with Crippen LogP contribution in [-0.4, -0.2) is 27.3 Å². The lowest BCUT2D eigenvalue weighted by molar-refractivity contribution is 0.100. The lowest BCUT2D eigenvalue weighted by Gasteiger charge is -2.06. The van der Waals surface area contributed by atoms with Gasteiger partial charge in [0, 0.05) is 16.3 Å². The number of aromatic nitrogens is 3. The summed E-state index contributed by atoms with van der Waals surface area (Å²) in [6, 6.07) is 11.6. The molecule has 0 aliphatic rings. The van der Waals surface area contributed by atoms with Gasteiger partial charge >= 0.3 is 0 Å². The van der Waals surface area contributed by atoms with Crippen LogP contribution in [0.3, 0.4) is 0 Å². The second-order valence-electron chi connectivity index (χ2n) is 5.00. The van der Waals surface area contributed by atoms with Crippen LogP contribution in [0.1, 0.15) is 21.6 Å². The van der Waals surface area contributed by atoms with Crippen molar-refractivity contribution in [3.63, 3.8) is 0 Å². The minimum atomic E-state index is -0.602. The molecule has 1 aromatic carbocycles. The fourth-order valence-corrected chi connectivity index (χ4v) is 2.65. The lowest BCUT2D eigenvalue weighted by atomic mass is 10.2. The molecule has 2 heterocycles. The SMILES string of the molecule is NC(=O)c1c(Nc2cccc(CI)c2)n[nH]c1/N=C/c1ccc[nH]1. The van der Waals surface area contributed by atoms with Crippen molar-refractivity contribution >= 4 is 52.0 Å². The molecule has 0 fully saturated rings. The molecule has 7 nitrogen and oxygen atoms in total. The van der Waals surface area contributed by atoms with Gasteiger partial charge in [0.2, 0.25) is 0 Å². The third-order valence-corrected chi connectivity index (χ3v) is 4.17. The second kappa shape index (κ2) is 7.30. The van der Waals surface area contributed by atoms with E-state index in [1.54, 1.807) is 12.4 Å². The summed E-state index contributed by atoms with van der Waals surface area (Å²) in [5.41, 5.74) is 8.53. The van der Waals surface area contributed by atoms with E-state index < -0.39 is 5.91 Å². The van der Waals surface area contributed by atoms with Gasteiger partial charge in [-0.2, -0.15) is 5.10 Å². The Morgan fingerprint density at radius 2 is 2.25 bits per heavy atom. The lowest BCUT2D eigenvalue weighted by Crippen LogP contribution is -2.12. The summed E-state index contributed by atoms with van der Waals surface area (Å²) in [6.07, 6.45) is 3.39. The van der Waals surface area contributed by atoms with Gasteiger partial charge in [-0.1, -0.05) is 34.7 Å². The van der Waals surface area contributed by atoms with Gasteiger partial charge in [0.1, 0.15) is 5.56 Å². The number of nitrogens with two attached hydrogens (primary N) is 1. The van der Waals surface area contributed by atoms with Crippen molar-refractivity contribution in [2.75, 3.05) is 5.32 Å². The number of nitrogens with one attached hydrogen (secondary N) is 3. The minimum absolute atomic E-state index is 0.220. The molecule has 0 radical (unpaired) electrons. The van der Waals surface area contributed by atoms with E-state index in [-0.39, 0.29) is 5.56 Å². The van der Waals surface area contributed by atoms with E-state index in [0.29, 0.717) is 11.6 Å². The molecule has 8 heteroatoms. The standard InChI is InChI=1S/C16H15IN6O/c17-8-10-3-1-4-11(7-10)21-16-13(14(18)24)15(22-23-16)20-9-12-5-2-6-19-12/h1-7,9,19H,8H2,(H2,18,24)(H2,21,22,23)/b20-9+. The maximum atomic E-state index is 11.8. The first-order valence-corrected chi connectivity index (χ1v) is 8.67. The average molecular weight is 434 g/mol. The third kappa shape index (κ3) is 3.65. The normalized spacial score (nSPS) is 11.0. The van der Waals surface area contributed by atoms with Crippen molar-refractivity contribution in [2.24, 2.45) is 10.7 Å². The Kier molecular flexibility index (Phi) is 4.94. The van der Waals surface area contributed by atoms with Crippen LogP contribution < -0.4 is 11.1 Å². The van der Waals surface area contributed by atoms with E-state index in [2.05, 4.69) is 48.1 Å². The Morgan fingerprint density at radius 1 is 1.38 bits per heavy atom. The number of primary amides is 1. The highest BCUT2D eigenvalue weighted by Crippen LogP contribution is 2.26. The van der Waals surface area contributed by atoms with E-state index in [1.165, 1.54) is 5.56 Å². The van der Waals surface area contributed by atoms with Gasteiger partial charge in [-0.3, -0.25) is 9.89 Å². The zero-order valence-electron chi connectivity index (χ0n) is 12.6. The Bertz CT molecular complexity index is 869. The summed E-state index contributed by atoms with van der Waals surface area (Å²) in [4.78, 5) is 19.1. The first-order chi connectivity index (χ1) is 11.7. The number of anilines is 2. The molecule has 24 heavy (non-hydrogen) atoms. The quantitative estimate of drug-likeness (QED) is 0.271. The smallest absolute Gasteiger partial charge is 0.256 e. The highest BCUT2D eigenvalue weighted by atomic mass is 127. The number of hydrogen-bond donors (Lipinski definition) is 4. The largest absolute Gasteiger partial charge is 0.365 e. The topological polar surface area (TPSA) is 112 Å². The summed E-state index contributed by atoms with van der Waals surface area (Å²) < 4.78 is 0.891. The molecule has 0 aliphatic heterocycles. The zero-order chi connectivity index (χ0) is 16.9. The summed E-state index contributed by atoms with van der Waals surface area (Å²) in [7, 11) is 0. The van der Waals surface area contributed by atoms with Gasteiger partial charge in [0.25, 0.3) is 5.91 Å². The predicted octanol–water partition coefficient (Wildman–Crippen LogP) is 3.27. The van der Waals surface area contributed by atoms with Crippen molar-refractivity contribution in [1.82, 2.24) is 15.2 Å². The molecule has 3 rings (SSSR count). The summed E-state index contributed by atoms with van der Waals surface area (Å²) in [5.74, 6) is 0.0614. The summed E-state index contributed by atoms with van der Waals surface area (Å²) in [6.45, 7) is 0. The molecular formula is C16H15IN6O. The Labute approximate surface area is 151 Å². The van der Waals surface area contributed by atoms with Crippen LogP contribution in [-0.2, 0) is 4.43 Å². The van der Waals surface area contributed by atoms with Crippen LogP contribution in [0.4, 0.5) is 17.3 Å². The molecule has 1 amide bonds. The number of alkyl halides is 1. The number of benzene rings is 1. The molecule has 0 atom stereocenters. The summed E-state index contributed by atoms with van der Waals surface area (Å²) >= 11 is 2.29. The Morgan fingerprint density at radius 3 is 2.96 bits per heavy atom. The first kappa shape index (κ1) is 16.2. The van der Waals surface area contributed by atoms with Crippen molar-refractivity contribution in [2.45, 2.75) is 4.43 Å². The number of H-pyrrole nitrogens is 2.